The van der Waals surface area contributed by atoms with Crippen molar-refractivity contribution in [1.29, 1.82) is 0 Å². The van der Waals surface area contributed by atoms with Crippen molar-refractivity contribution in [3.05, 3.63) is 65.9 Å². The Bertz CT molecular complexity index is 1350. The van der Waals surface area contributed by atoms with Crippen molar-refractivity contribution >= 4 is 38.9 Å². The largest absolute Gasteiger partial charge is 0.421 e. The molecule has 1 amide bonds. The lowest BCUT2D eigenvalue weighted by atomic mass is 10.2. The van der Waals surface area contributed by atoms with Crippen molar-refractivity contribution < 1.29 is 31.1 Å². The number of ether oxygens (including phenoxy) is 1. The van der Waals surface area contributed by atoms with Crippen LogP contribution in [0.3, 0.4) is 0 Å². The molecule has 3 rings (SSSR count). The number of hydrogen-bond donors (Lipinski definition) is 4. The van der Waals surface area contributed by atoms with E-state index in [0.29, 0.717) is 36.3 Å². The third-order valence-corrected chi connectivity index (χ3v) is 6.15. The summed E-state index contributed by atoms with van der Waals surface area (Å²) in [7, 11) is -1.70. The van der Waals surface area contributed by atoms with Gasteiger partial charge in [0.1, 0.15) is 18.0 Å². The number of nitrogens with one attached hydrogen (secondary N) is 4. The lowest BCUT2D eigenvalue weighted by molar-refractivity contribution is -0.137. The van der Waals surface area contributed by atoms with Crippen LogP contribution in [0, 0.1) is 0 Å². The second-order valence-electron chi connectivity index (χ2n) is 8.13. The number of nitrogens with zero attached hydrogens (tertiary/aromatic N) is 2. The van der Waals surface area contributed by atoms with Gasteiger partial charge in [-0.15, -0.1) is 0 Å². The number of likely N-dealkylation sites (N-methyl/N-ethyl adjacent to an activating group) is 1. The zero-order valence-electron chi connectivity index (χ0n) is 20.6. The molecule has 10 nitrogen and oxygen atoms in total. The van der Waals surface area contributed by atoms with Crippen LogP contribution in [-0.2, 0) is 32.1 Å². The third-order valence-electron chi connectivity index (χ3n) is 5.04. The van der Waals surface area contributed by atoms with Gasteiger partial charge in [-0.25, -0.2) is 13.4 Å². The van der Waals surface area contributed by atoms with Crippen LogP contribution in [0.2, 0.25) is 0 Å². The molecule has 0 unspecified atom stereocenters. The summed E-state index contributed by atoms with van der Waals surface area (Å²) < 4.78 is 69.4. The van der Waals surface area contributed by atoms with Gasteiger partial charge in [0, 0.05) is 36.9 Å². The first kappa shape index (κ1) is 28.8. The summed E-state index contributed by atoms with van der Waals surface area (Å²) in [6.07, 6.45) is -3.01. The lowest BCUT2D eigenvalue weighted by Crippen LogP contribution is -2.21. The molecule has 0 saturated carbocycles. The zero-order valence-corrected chi connectivity index (χ0v) is 21.4. The van der Waals surface area contributed by atoms with Crippen molar-refractivity contribution in [1.82, 2.24) is 15.3 Å². The van der Waals surface area contributed by atoms with E-state index in [-0.39, 0.29) is 29.9 Å². The number of hydrogen-bond acceptors (Lipinski definition) is 9. The summed E-state index contributed by atoms with van der Waals surface area (Å²) in [4.78, 5) is 19.7. The number of carbonyl (C=O) groups is 1. The molecule has 0 fully saturated rings. The Morgan fingerprint density at radius 2 is 1.79 bits per heavy atom. The summed E-state index contributed by atoms with van der Waals surface area (Å²) in [6.45, 7) is 0.808. The van der Waals surface area contributed by atoms with Crippen molar-refractivity contribution in [2.24, 2.45) is 0 Å². The van der Waals surface area contributed by atoms with Crippen molar-refractivity contribution in [3.8, 4) is 0 Å². The topological polar surface area (TPSA) is 134 Å². The molecule has 0 aliphatic rings. The van der Waals surface area contributed by atoms with E-state index in [1.165, 1.54) is 18.2 Å². The van der Waals surface area contributed by atoms with Crippen LogP contribution in [0.4, 0.5) is 36.3 Å². The Balaban J connectivity index is 1.70. The fourth-order valence-corrected chi connectivity index (χ4v) is 3.85. The van der Waals surface area contributed by atoms with Crippen LogP contribution in [0.5, 0.6) is 0 Å². The number of anilines is 4. The first-order chi connectivity index (χ1) is 18.0. The van der Waals surface area contributed by atoms with Gasteiger partial charge in [0.05, 0.1) is 11.5 Å². The number of carbonyl (C=O) groups excluding carboxylic acids is 1. The van der Waals surface area contributed by atoms with E-state index in [1.807, 2.05) is 0 Å². The number of amides is 1. The minimum atomic E-state index is -4.72. The lowest BCUT2D eigenvalue weighted by Gasteiger charge is -2.15. The molecule has 3 aromatic rings. The van der Waals surface area contributed by atoms with E-state index in [2.05, 4.69) is 31.2 Å². The molecule has 0 saturated heterocycles. The van der Waals surface area contributed by atoms with Gasteiger partial charge in [0.2, 0.25) is 11.9 Å². The molecule has 0 aliphatic heterocycles. The predicted molar refractivity (Wildman–Crippen MR) is 137 cm³/mol. The van der Waals surface area contributed by atoms with Gasteiger partial charge in [0.15, 0.2) is 9.84 Å². The van der Waals surface area contributed by atoms with Gasteiger partial charge in [-0.1, -0.05) is 12.1 Å². The fraction of sp³-hybridized carbons (Fsp3) is 0.292. The van der Waals surface area contributed by atoms with Crippen LogP contribution in [0.25, 0.3) is 0 Å². The first-order valence-corrected chi connectivity index (χ1v) is 13.2. The number of sulfone groups is 1. The van der Waals surface area contributed by atoms with Gasteiger partial charge in [0.25, 0.3) is 0 Å². The maximum atomic E-state index is 13.6. The average Bonchev–Trinajstić information content (AvgIpc) is 2.86. The Kier molecular flexibility index (Phi) is 9.61. The molecule has 0 bridgehead atoms. The van der Waals surface area contributed by atoms with Crippen LogP contribution < -0.4 is 21.3 Å². The van der Waals surface area contributed by atoms with E-state index >= 15 is 0 Å². The molecule has 14 heteroatoms. The van der Waals surface area contributed by atoms with Crippen LogP contribution >= 0.6 is 0 Å². The van der Waals surface area contributed by atoms with Crippen LogP contribution in [-0.4, -0.2) is 57.4 Å². The number of aromatic nitrogens is 2. The number of halogens is 3. The SMILES string of the molecule is CNCCOCC(=O)Nc1ccc(Nc2ncc(C(F)(F)F)c(NCc3cccc(S(C)(=O)=O)c3)n2)cc1. The quantitative estimate of drug-likeness (QED) is 0.249. The van der Waals surface area contributed by atoms with Crippen molar-refractivity contribution in [2.75, 3.05) is 49.0 Å². The Morgan fingerprint density at radius 3 is 2.45 bits per heavy atom. The smallest absolute Gasteiger partial charge is 0.370 e. The fourth-order valence-electron chi connectivity index (χ4n) is 3.16. The molecule has 204 valence electrons. The van der Waals surface area contributed by atoms with Crippen molar-refractivity contribution in [2.45, 2.75) is 17.6 Å². The Labute approximate surface area is 218 Å². The zero-order chi connectivity index (χ0) is 27.8. The average molecular weight is 553 g/mol. The standard InChI is InChI=1S/C24H27F3N6O4S/c1-28-10-11-37-15-21(34)31-17-6-8-18(9-7-17)32-23-30-14-20(24(25,26)27)22(33-23)29-13-16-4-3-5-19(12-16)38(2,35)36/h3-9,12,14,28H,10-11,13,15H2,1-2H3,(H,31,34)(H2,29,30,32,33). The molecule has 0 radical (unpaired) electrons. The van der Waals surface area contributed by atoms with E-state index < -0.39 is 27.4 Å². The summed E-state index contributed by atoms with van der Waals surface area (Å²) in [5, 5.41) is 11.0. The minimum Gasteiger partial charge on any atom is -0.370 e. The highest BCUT2D eigenvalue weighted by atomic mass is 32.2. The summed E-state index contributed by atoms with van der Waals surface area (Å²) in [5.41, 5.74) is 0.362. The summed E-state index contributed by atoms with van der Waals surface area (Å²) >= 11 is 0. The number of rotatable bonds is 12. The monoisotopic (exact) mass is 552 g/mol. The molecular formula is C24H27F3N6O4S. The van der Waals surface area contributed by atoms with E-state index in [1.54, 1.807) is 37.4 Å². The van der Waals surface area contributed by atoms with Gasteiger partial charge in [-0.2, -0.15) is 18.2 Å². The van der Waals surface area contributed by atoms with Crippen LogP contribution in [0.15, 0.2) is 59.6 Å². The molecule has 1 heterocycles. The van der Waals surface area contributed by atoms with E-state index in [4.69, 9.17) is 4.74 Å². The highest BCUT2D eigenvalue weighted by Gasteiger charge is 2.35. The maximum absolute atomic E-state index is 13.6. The van der Waals surface area contributed by atoms with Gasteiger partial charge >= 0.3 is 6.18 Å². The predicted octanol–water partition coefficient (Wildman–Crippen LogP) is 3.43. The van der Waals surface area contributed by atoms with Gasteiger partial charge < -0.3 is 26.0 Å². The van der Waals surface area contributed by atoms with Crippen LogP contribution in [0.1, 0.15) is 11.1 Å². The normalized spacial score (nSPS) is 11.7. The second kappa shape index (κ2) is 12.7. The van der Waals surface area contributed by atoms with E-state index in [0.717, 1.165) is 6.26 Å². The molecule has 0 aliphatic carbocycles. The maximum Gasteiger partial charge on any atom is 0.421 e. The summed E-state index contributed by atoms with van der Waals surface area (Å²) in [6, 6.07) is 12.3. The molecule has 38 heavy (non-hydrogen) atoms. The Morgan fingerprint density at radius 1 is 1.08 bits per heavy atom. The second-order valence-corrected chi connectivity index (χ2v) is 10.1. The highest BCUT2D eigenvalue weighted by Crippen LogP contribution is 2.34. The number of benzene rings is 2. The van der Waals surface area contributed by atoms with Gasteiger partial charge in [-0.3, -0.25) is 4.79 Å². The van der Waals surface area contributed by atoms with E-state index in [9.17, 15) is 26.4 Å². The third kappa shape index (κ3) is 8.68. The first-order valence-electron chi connectivity index (χ1n) is 11.3. The van der Waals surface area contributed by atoms with Gasteiger partial charge in [-0.05, 0) is 49.0 Å². The minimum absolute atomic E-state index is 0.0545. The highest BCUT2D eigenvalue weighted by molar-refractivity contribution is 7.90. The van der Waals surface area contributed by atoms with Crippen molar-refractivity contribution in [3.63, 3.8) is 0 Å². The molecule has 4 N–H and O–H groups in total. The Hall–Kier alpha value is -3.75. The molecule has 2 aromatic carbocycles. The molecule has 1 aromatic heterocycles. The molecule has 0 spiro atoms. The number of alkyl halides is 3. The molecular weight excluding hydrogens is 525 g/mol. The summed E-state index contributed by atoms with van der Waals surface area (Å²) in [5.74, 6) is -0.896. The molecule has 0 atom stereocenters.